The highest BCUT2D eigenvalue weighted by Crippen LogP contribution is 2.44. The molecule has 1 amide bonds. The minimum absolute atomic E-state index is 0.0163. The molecule has 5 rings (SSSR count). The largest absolute Gasteiger partial charge is 0.396 e. The number of nitrogen functional groups attached to an aromatic ring is 1. The molecular formula is C20H20F2N6OS. The van der Waals surface area contributed by atoms with E-state index < -0.39 is 12.0 Å². The van der Waals surface area contributed by atoms with Crippen molar-refractivity contribution in [2.24, 2.45) is 0 Å². The number of nitrogens with two attached hydrogens (primary N) is 1. The van der Waals surface area contributed by atoms with E-state index >= 15 is 0 Å². The number of halogens is 2. The van der Waals surface area contributed by atoms with Crippen molar-refractivity contribution in [2.75, 3.05) is 35.2 Å². The fourth-order valence-corrected chi connectivity index (χ4v) is 5.08. The van der Waals surface area contributed by atoms with Crippen LogP contribution >= 0.6 is 11.8 Å². The molecule has 0 aliphatic carbocycles. The molecule has 0 radical (unpaired) electrons. The van der Waals surface area contributed by atoms with Crippen molar-refractivity contribution < 1.29 is 13.6 Å². The second-order valence-corrected chi connectivity index (χ2v) is 8.61. The molecule has 10 heteroatoms. The van der Waals surface area contributed by atoms with Crippen LogP contribution in [-0.2, 0) is 4.79 Å². The zero-order valence-corrected chi connectivity index (χ0v) is 16.8. The van der Waals surface area contributed by atoms with Crippen LogP contribution in [0.2, 0.25) is 0 Å². The first-order valence-electron chi connectivity index (χ1n) is 9.74. The summed E-state index contributed by atoms with van der Waals surface area (Å²) < 4.78 is 26.9. The van der Waals surface area contributed by atoms with Crippen molar-refractivity contribution in [3.63, 3.8) is 0 Å². The van der Waals surface area contributed by atoms with E-state index in [1.54, 1.807) is 23.4 Å². The number of rotatable bonds is 3. The summed E-state index contributed by atoms with van der Waals surface area (Å²) in [6, 6.07) is 4.31. The summed E-state index contributed by atoms with van der Waals surface area (Å²) in [5.74, 6) is 0.0201. The topological polar surface area (TPSA) is 87.4 Å². The van der Waals surface area contributed by atoms with E-state index in [1.165, 1.54) is 23.9 Å². The Kier molecular flexibility index (Phi) is 4.73. The Balaban J connectivity index is 1.30. The number of hydrogen-bond acceptors (Lipinski definition) is 7. The number of hydrogen-bond donors (Lipinski definition) is 2. The summed E-state index contributed by atoms with van der Waals surface area (Å²) in [6.45, 7) is 1.46. The van der Waals surface area contributed by atoms with E-state index in [9.17, 15) is 13.6 Å². The number of carbonyl (C=O) groups excluding carboxylic acids is 1. The molecule has 1 fully saturated rings. The van der Waals surface area contributed by atoms with Gasteiger partial charge in [-0.3, -0.25) is 9.78 Å². The molecule has 2 unspecified atom stereocenters. The average Bonchev–Trinajstić information content (AvgIpc) is 3.38. The van der Waals surface area contributed by atoms with Crippen molar-refractivity contribution in [2.45, 2.75) is 24.4 Å². The molecule has 0 spiro atoms. The Hall–Kier alpha value is -2.88. The summed E-state index contributed by atoms with van der Waals surface area (Å²) in [6.07, 6.45) is 3.67. The maximum atomic E-state index is 13.5. The minimum Gasteiger partial charge on any atom is -0.396 e. The lowest BCUT2D eigenvalue weighted by atomic mass is 10.1. The van der Waals surface area contributed by atoms with Crippen LogP contribution in [0.25, 0.3) is 0 Å². The third kappa shape index (κ3) is 3.34. The van der Waals surface area contributed by atoms with Crippen molar-refractivity contribution >= 4 is 34.9 Å². The van der Waals surface area contributed by atoms with Gasteiger partial charge in [0, 0.05) is 30.9 Å². The summed E-state index contributed by atoms with van der Waals surface area (Å²) >= 11 is 1.40. The van der Waals surface area contributed by atoms with Gasteiger partial charge >= 0.3 is 0 Å². The molecule has 4 heterocycles. The Morgan fingerprint density at radius 2 is 2.10 bits per heavy atom. The first-order valence-corrected chi connectivity index (χ1v) is 10.6. The van der Waals surface area contributed by atoms with Gasteiger partial charge in [0.05, 0.1) is 35.2 Å². The molecule has 7 nitrogen and oxygen atoms in total. The predicted molar refractivity (Wildman–Crippen MR) is 112 cm³/mol. The van der Waals surface area contributed by atoms with Gasteiger partial charge in [-0.1, -0.05) is 11.8 Å². The molecule has 156 valence electrons. The molecular weight excluding hydrogens is 410 g/mol. The molecule has 30 heavy (non-hydrogen) atoms. The second-order valence-electron chi connectivity index (χ2n) is 7.49. The van der Waals surface area contributed by atoms with Gasteiger partial charge in [-0.25, -0.2) is 13.8 Å². The van der Waals surface area contributed by atoms with Crippen LogP contribution < -0.4 is 20.9 Å². The van der Waals surface area contributed by atoms with Crippen molar-refractivity contribution in [3.8, 4) is 0 Å². The molecule has 2 aromatic rings. The maximum absolute atomic E-state index is 13.5. The molecule has 0 bridgehead atoms. The van der Waals surface area contributed by atoms with Crippen LogP contribution in [0.1, 0.15) is 23.9 Å². The van der Waals surface area contributed by atoms with Gasteiger partial charge in [-0.2, -0.15) is 0 Å². The molecule has 1 aromatic heterocycles. The van der Waals surface area contributed by atoms with Crippen molar-refractivity contribution in [1.82, 2.24) is 15.3 Å². The predicted octanol–water partition coefficient (Wildman–Crippen LogP) is 2.73. The fourth-order valence-electron chi connectivity index (χ4n) is 3.89. The van der Waals surface area contributed by atoms with Gasteiger partial charge in [-0.15, -0.1) is 0 Å². The summed E-state index contributed by atoms with van der Waals surface area (Å²) in [5, 5.41) is 3.15. The van der Waals surface area contributed by atoms with Crippen molar-refractivity contribution in [1.29, 1.82) is 0 Å². The zero-order chi connectivity index (χ0) is 20.8. The molecule has 3 N–H and O–H groups in total. The summed E-state index contributed by atoms with van der Waals surface area (Å²) in [4.78, 5) is 26.1. The highest BCUT2D eigenvalue weighted by molar-refractivity contribution is 8.04. The normalized spacial score (nSPS) is 23.7. The number of thioether (sulfide) groups is 1. The third-order valence-electron chi connectivity index (χ3n) is 5.51. The quantitative estimate of drug-likeness (QED) is 0.724. The SMILES string of the molecule is Nc1cc(N2CCC3=C(SC(c4cnc(N5CCC(F)C5)cn4)N3)C2=O)ccc1F. The van der Waals surface area contributed by atoms with Gasteiger partial charge in [0.2, 0.25) is 0 Å². The van der Waals surface area contributed by atoms with Crippen LogP contribution in [0.4, 0.5) is 26.0 Å². The highest BCUT2D eigenvalue weighted by atomic mass is 32.2. The van der Waals surface area contributed by atoms with E-state index in [1.807, 2.05) is 4.90 Å². The molecule has 1 saturated heterocycles. The lowest BCUT2D eigenvalue weighted by Gasteiger charge is -2.27. The van der Waals surface area contributed by atoms with Gasteiger partial charge < -0.3 is 20.9 Å². The van der Waals surface area contributed by atoms with Crippen LogP contribution in [0.5, 0.6) is 0 Å². The van der Waals surface area contributed by atoms with Gasteiger partial charge in [0.25, 0.3) is 5.91 Å². The standard InChI is InChI=1S/C20H20F2N6OS/c21-11-3-5-27(10-11)17-9-24-16(8-25-17)19-26-15-4-6-28(20(29)18(15)30-19)12-1-2-13(22)14(23)7-12/h1-2,7-9,11,19,26H,3-6,10,23H2. The molecule has 3 aliphatic heterocycles. The number of benzene rings is 1. The molecule has 3 aliphatic rings. The number of carbonyl (C=O) groups is 1. The van der Waals surface area contributed by atoms with Gasteiger partial charge in [0.1, 0.15) is 23.2 Å². The monoisotopic (exact) mass is 430 g/mol. The summed E-state index contributed by atoms with van der Waals surface area (Å²) in [7, 11) is 0. The van der Waals surface area contributed by atoms with E-state index in [0.717, 1.165) is 5.70 Å². The number of nitrogens with zero attached hydrogens (tertiary/aromatic N) is 4. The Morgan fingerprint density at radius 3 is 2.80 bits per heavy atom. The van der Waals surface area contributed by atoms with E-state index in [2.05, 4.69) is 15.3 Å². The zero-order valence-electron chi connectivity index (χ0n) is 16.0. The van der Waals surface area contributed by atoms with E-state index in [0.29, 0.717) is 54.6 Å². The number of nitrogens with one attached hydrogen (secondary N) is 1. The third-order valence-corrected chi connectivity index (χ3v) is 6.76. The highest BCUT2D eigenvalue weighted by Gasteiger charge is 2.37. The minimum atomic E-state index is -0.820. The van der Waals surface area contributed by atoms with Gasteiger partial charge in [-0.05, 0) is 24.6 Å². The number of anilines is 3. The second kappa shape index (κ2) is 7.42. The maximum Gasteiger partial charge on any atom is 0.266 e. The number of aromatic nitrogens is 2. The lowest BCUT2D eigenvalue weighted by molar-refractivity contribution is -0.114. The van der Waals surface area contributed by atoms with Gasteiger partial charge in [0.15, 0.2) is 0 Å². The lowest BCUT2D eigenvalue weighted by Crippen LogP contribution is -2.37. The van der Waals surface area contributed by atoms with E-state index in [4.69, 9.17) is 5.73 Å². The summed E-state index contributed by atoms with van der Waals surface area (Å²) in [5.41, 5.74) is 7.85. The molecule has 2 atom stereocenters. The first kappa shape index (κ1) is 19.1. The fraction of sp³-hybridized carbons (Fsp3) is 0.350. The van der Waals surface area contributed by atoms with Crippen LogP contribution in [0, 0.1) is 5.82 Å². The van der Waals surface area contributed by atoms with Crippen LogP contribution in [0.15, 0.2) is 41.2 Å². The van der Waals surface area contributed by atoms with Crippen LogP contribution in [0.3, 0.4) is 0 Å². The Morgan fingerprint density at radius 1 is 1.23 bits per heavy atom. The average molecular weight is 430 g/mol. The van der Waals surface area contributed by atoms with E-state index in [-0.39, 0.29) is 17.0 Å². The smallest absolute Gasteiger partial charge is 0.266 e. The van der Waals surface area contributed by atoms with Crippen molar-refractivity contribution in [3.05, 3.63) is 52.7 Å². The molecule has 0 saturated carbocycles. The number of amides is 1. The Labute approximate surface area is 176 Å². The first-order chi connectivity index (χ1) is 14.5. The Bertz CT molecular complexity index is 1030. The number of alkyl halides is 1. The molecule has 1 aromatic carbocycles. The van der Waals surface area contributed by atoms with Crippen LogP contribution in [-0.4, -0.2) is 41.7 Å².